The van der Waals surface area contributed by atoms with Gasteiger partial charge >= 0.3 is 6.18 Å². The zero-order valence-corrected chi connectivity index (χ0v) is 9.40. The van der Waals surface area contributed by atoms with Crippen LogP contribution in [0.1, 0.15) is 21.5 Å². The average molecular weight is 254 g/mol. The first-order chi connectivity index (χ1) is 8.38. The third kappa shape index (κ3) is 2.42. The Bertz CT molecular complexity index is 587. The number of nitrogens with zero attached hydrogens (tertiary/aromatic N) is 2. The van der Waals surface area contributed by atoms with Gasteiger partial charge in [0.1, 0.15) is 0 Å². The highest BCUT2D eigenvalue weighted by molar-refractivity contribution is 6.08. The van der Waals surface area contributed by atoms with Crippen molar-refractivity contribution in [2.75, 3.05) is 0 Å². The Morgan fingerprint density at radius 1 is 1.28 bits per heavy atom. The molecule has 0 radical (unpaired) electrons. The smallest absolute Gasteiger partial charge is 0.288 e. The fraction of sp³-hybridized carbons (Fsp3) is 0.167. The van der Waals surface area contributed by atoms with Crippen LogP contribution in [-0.4, -0.2) is 15.6 Å². The number of rotatable bonds is 2. The number of benzene rings is 1. The van der Waals surface area contributed by atoms with Crippen molar-refractivity contribution in [2.45, 2.75) is 6.18 Å². The largest absolute Gasteiger partial charge is 0.416 e. The fourth-order valence-corrected chi connectivity index (χ4v) is 1.54. The van der Waals surface area contributed by atoms with Crippen molar-refractivity contribution in [1.82, 2.24) is 9.78 Å². The zero-order valence-electron chi connectivity index (χ0n) is 9.40. The van der Waals surface area contributed by atoms with Crippen molar-refractivity contribution < 1.29 is 18.0 Å². The Kier molecular flexibility index (Phi) is 2.94. The molecule has 3 nitrogen and oxygen atoms in total. The molecule has 0 amide bonds. The topological polar surface area (TPSA) is 34.9 Å². The molecule has 0 N–H and O–H groups in total. The maximum atomic E-state index is 12.5. The minimum absolute atomic E-state index is 0.00201. The predicted octanol–water partition coefficient (Wildman–Crippen LogP) is 2.67. The van der Waals surface area contributed by atoms with Gasteiger partial charge in [-0.25, -0.2) is 0 Å². The summed E-state index contributed by atoms with van der Waals surface area (Å²) in [6.45, 7) is 0. The van der Waals surface area contributed by atoms with Crippen molar-refractivity contribution in [3.63, 3.8) is 0 Å². The van der Waals surface area contributed by atoms with Crippen molar-refractivity contribution in [3.05, 3.63) is 53.3 Å². The number of aryl methyl sites for hydroxylation is 1. The first kappa shape index (κ1) is 12.3. The van der Waals surface area contributed by atoms with E-state index in [0.717, 1.165) is 12.1 Å². The average Bonchev–Trinajstić information content (AvgIpc) is 2.74. The summed E-state index contributed by atoms with van der Waals surface area (Å²) in [5.74, 6) is -0.478. The number of ketones is 1. The number of halogens is 3. The maximum Gasteiger partial charge on any atom is 0.416 e. The number of carbonyl (C=O) groups excluding carboxylic acids is 1. The molecule has 0 spiro atoms. The number of hydrogen-bond acceptors (Lipinski definition) is 2. The second-order valence-electron chi connectivity index (χ2n) is 3.81. The van der Waals surface area contributed by atoms with Crippen LogP contribution in [0.5, 0.6) is 0 Å². The predicted molar refractivity (Wildman–Crippen MR) is 58.1 cm³/mol. The van der Waals surface area contributed by atoms with Crippen LogP contribution in [0.4, 0.5) is 13.2 Å². The van der Waals surface area contributed by atoms with E-state index in [-0.39, 0.29) is 11.1 Å². The van der Waals surface area contributed by atoms with Crippen molar-refractivity contribution in [3.8, 4) is 0 Å². The van der Waals surface area contributed by atoms with E-state index in [1.165, 1.54) is 29.2 Å². The van der Waals surface area contributed by atoms with Crippen molar-refractivity contribution >= 4 is 5.78 Å². The van der Waals surface area contributed by atoms with E-state index in [9.17, 15) is 18.0 Å². The minimum atomic E-state index is -4.45. The van der Waals surface area contributed by atoms with Gasteiger partial charge in [0.05, 0.1) is 17.3 Å². The van der Waals surface area contributed by atoms with E-state index in [1.54, 1.807) is 7.05 Å². The third-order valence-electron chi connectivity index (χ3n) is 2.42. The molecule has 0 bridgehead atoms. The van der Waals surface area contributed by atoms with Crippen LogP contribution in [0.15, 0.2) is 36.7 Å². The van der Waals surface area contributed by atoms with Gasteiger partial charge in [-0.1, -0.05) is 12.1 Å². The Morgan fingerprint density at radius 2 is 2.00 bits per heavy atom. The van der Waals surface area contributed by atoms with Crippen LogP contribution < -0.4 is 0 Å². The second kappa shape index (κ2) is 4.29. The van der Waals surface area contributed by atoms with E-state index < -0.39 is 17.5 Å². The highest BCUT2D eigenvalue weighted by Gasteiger charge is 2.31. The monoisotopic (exact) mass is 254 g/mol. The lowest BCUT2D eigenvalue weighted by Gasteiger charge is -2.07. The van der Waals surface area contributed by atoms with Gasteiger partial charge in [0.15, 0.2) is 5.78 Å². The van der Waals surface area contributed by atoms with Gasteiger partial charge in [-0.2, -0.15) is 18.3 Å². The van der Waals surface area contributed by atoms with E-state index in [1.807, 2.05) is 0 Å². The molecule has 6 heteroatoms. The van der Waals surface area contributed by atoms with E-state index >= 15 is 0 Å². The van der Waals surface area contributed by atoms with Gasteiger partial charge in [0.25, 0.3) is 0 Å². The number of carbonyl (C=O) groups is 1. The molecule has 0 saturated carbocycles. The molecule has 1 heterocycles. The van der Waals surface area contributed by atoms with Crippen LogP contribution in [0.2, 0.25) is 0 Å². The Hall–Kier alpha value is -2.11. The summed E-state index contributed by atoms with van der Waals surface area (Å²) >= 11 is 0. The summed E-state index contributed by atoms with van der Waals surface area (Å²) in [5, 5.41) is 3.81. The van der Waals surface area contributed by atoms with Crippen LogP contribution >= 0.6 is 0 Å². The molecule has 94 valence electrons. The van der Waals surface area contributed by atoms with Gasteiger partial charge in [-0.05, 0) is 12.1 Å². The van der Waals surface area contributed by atoms with Crippen LogP contribution in [0.25, 0.3) is 0 Å². The maximum absolute atomic E-state index is 12.5. The summed E-state index contributed by atoms with van der Waals surface area (Å²) < 4.78 is 38.9. The van der Waals surface area contributed by atoms with Crippen LogP contribution in [-0.2, 0) is 13.2 Å². The zero-order chi connectivity index (χ0) is 13.3. The van der Waals surface area contributed by atoms with E-state index in [0.29, 0.717) is 0 Å². The molecule has 2 aromatic rings. The van der Waals surface area contributed by atoms with Crippen LogP contribution in [0, 0.1) is 0 Å². The highest BCUT2D eigenvalue weighted by Crippen LogP contribution is 2.29. The Morgan fingerprint density at radius 3 is 2.56 bits per heavy atom. The standard InChI is InChI=1S/C12H9F3N2O/c1-17-7-9(6-16-17)11(18)8-3-2-4-10(5-8)12(13,14)15/h2-7H,1H3. The van der Waals surface area contributed by atoms with Crippen molar-refractivity contribution in [2.24, 2.45) is 7.05 Å². The van der Waals surface area contributed by atoms with Gasteiger partial charge in [-0.3, -0.25) is 9.48 Å². The molecular weight excluding hydrogens is 245 g/mol. The molecule has 0 saturated heterocycles. The molecular formula is C12H9F3N2O. The molecule has 18 heavy (non-hydrogen) atoms. The van der Waals surface area contributed by atoms with Gasteiger partial charge in [-0.15, -0.1) is 0 Å². The Balaban J connectivity index is 2.37. The SMILES string of the molecule is Cn1cc(C(=O)c2cccc(C(F)(F)F)c2)cn1. The molecule has 0 aliphatic carbocycles. The molecule has 0 fully saturated rings. The number of aromatic nitrogens is 2. The summed E-state index contributed by atoms with van der Waals surface area (Å²) in [5.41, 5.74) is -0.577. The normalized spacial score (nSPS) is 11.6. The fourth-order valence-electron chi connectivity index (χ4n) is 1.54. The van der Waals surface area contributed by atoms with Gasteiger partial charge < -0.3 is 0 Å². The third-order valence-corrected chi connectivity index (χ3v) is 2.42. The molecule has 0 aliphatic heterocycles. The molecule has 1 aromatic heterocycles. The molecule has 2 rings (SSSR count). The minimum Gasteiger partial charge on any atom is -0.288 e. The quantitative estimate of drug-likeness (QED) is 0.772. The number of alkyl halides is 3. The summed E-state index contributed by atoms with van der Waals surface area (Å²) in [7, 11) is 1.63. The first-order valence-electron chi connectivity index (χ1n) is 5.08. The Labute approximate surface area is 101 Å². The first-order valence-corrected chi connectivity index (χ1v) is 5.08. The second-order valence-corrected chi connectivity index (χ2v) is 3.81. The molecule has 0 aliphatic rings. The molecule has 1 aromatic carbocycles. The summed E-state index contributed by atoms with van der Waals surface area (Å²) in [4.78, 5) is 11.9. The lowest BCUT2D eigenvalue weighted by Crippen LogP contribution is -2.07. The summed E-state index contributed by atoms with van der Waals surface area (Å²) in [6.07, 6.45) is -1.67. The van der Waals surface area contributed by atoms with Crippen molar-refractivity contribution in [1.29, 1.82) is 0 Å². The molecule has 0 atom stereocenters. The lowest BCUT2D eigenvalue weighted by molar-refractivity contribution is -0.137. The van der Waals surface area contributed by atoms with Crippen LogP contribution in [0.3, 0.4) is 0 Å². The van der Waals surface area contributed by atoms with E-state index in [4.69, 9.17) is 0 Å². The van der Waals surface area contributed by atoms with E-state index in [2.05, 4.69) is 5.10 Å². The lowest BCUT2D eigenvalue weighted by atomic mass is 10.0. The molecule has 0 unspecified atom stereocenters. The highest BCUT2D eigenvalue weighted by atomic mass is 19.4. The summed E-state index contributed by atoms with van der Waals surface area (Å²) in [6, 6.07) is 4.34. The van der Waals surface area contributed by atoms with Gasteiger partial charge in [0, 0.05) is 18.8 Å². The number of hydrogen-bond donors (Lipinski definition) is 0. The van der Waals surface area contributed by atoms with Gasteiger partial charge in [0.2, 0.25) is 0 Å².